The SMILES string of the molecule is CC1=CNC(OCc2ccccc2Cl)C=C1. The van der Waals surface area contributed by atoms with E-state index in [9.17, 15) is 0 Å². The van der Waals surface area contributed by atoms with Gasteiger partial charge in [-0.3, -0.25) is 0 Å². The number of allylic oxidation sites excluding steroid dienone is 2. The molecule has 1 aromatic carbocycles. The molecule has 0 saturated carbocycles. The van der Waals surface area contributed by atoms with Crippen LogP contribution in [0.25, 0.3) is 0 Å². The standard InChI is InChI=1S/C13H14ClNO/c1-10-6-7-13(15-8-10)16-9-11-4-2-3-5-12(11)14/h2-8,13,15H,9H2,1H3. The zero-order chi connectivity index (χ0) is 11.4. The zero-order valence-electron chi connectivity index (χ0n) is 9.11. The van der Waals surface area contributed by atoms with E-state index < -0.39 is 0 Å². The van der Waals surface area contributed by atoms with Crippen LogP contribution in [0.15, 0.2) is 48.2 Å². The lowest BCUT2D eigenvalue weighted by Crippen LogP contribution is -2.27. The molecule has 0 radical (unpaired) electrons. The fraction of sp³-hybridized carbons (Fsp3) is 0.231. The molecule has 0 bridgehead atoms. The summed E-state index contributed by atoms with van der Waals surface area (Å²) in [7, 11) is 0. The summed E-state index contributed by atoms with van der Waals surface area (Å²) in [6.45, 7) is 2.54. The first kappa shape index (κ1) is 11.2. The molecule has 0 spiro atoms. The van der Waals surface area contributed by atoms with Crippen molar-refractivity contribution in [2.24, 2.45) is 0 Å². The van der Waals surface area contributed by atoms with Crippen LogP contribution in [-0.4, -0.2) is 6.23 Å². The highest BCUT2D eigenvalue weighted by Gasteiger charge is 2.07. The number of ether oxygens (including phenoxy) is 1. The molecule has 1 heterocycles. The van der Waals surface area contributed by atoms with Crippen molar-refractivity contribution in [3.05, 3.63) is 58.8 Å². The van der Waals surface area contributed by atoms with Gasteiger partial charge in [-0.1, -0.05) is 35.9 Å². The van der Waals surface area contributed by atoms with Gasteiger partial charge in [0.25, 0.3) is 0 Å². The molecule has 0 aromatic heterocycles. The lowest BCUT2D eigenvalue weighted by Gasteiger charge is -2.18. The zero-order valence-corrected chi connectivity index (χ0v) is 9.87. The molecule has 2 nitrogen and oxygen atoms in total. The fourth-order valence-corrected chi connectivity index (χ4v) is 1.65. The molecule has 1 N–H and O–H groups in total. The third-order valence-electron chi connectivity index (χ3n) is 2.39. The maximum Gasteiger partial charge on any atom is 0.147 e. The van der Waals surface area contributed by atoms with Gasteiger partial charge >= 0.3 is 0 Å². The van der Waals surface area contributed by atoms with Crippen molar-refractivity contribution >= 4 is 11.6 Å². The van der Waals surface area contributed by atoms with E-state index in [-0.39, 0.29) is 6.23 Å². The smallest absolute Gasteiger partial charge is 0.147 e. The van der Waals surface area contributed by atoms with Crippen molar-refractivity contribution in [1.82, 2.24) is 5.32 Å². The van der Waals surface area contributed by atoms with Crippen molar-refractivity contribution in [3.8, 4) is 0 Å². The highest BCUT2D eigenvalue weighted by atomic mass is 35.5. The van der Waals surface area contributed by atoms with Crippen LogP contribution in [0.2, 0.25) is 5.02 Å². The summed E-state index contributed by atoms with van der Waals surface area (Å²) in [5, 5.41) is 3.89. The fourth-order valence-electron chi connectivity index (χ4n) is 1.46. The Bertz CT molecular complexity index is 426. The van der Waals surface area contributed by atoms with Crippen LogP contribution in [0, 0.1) is 0 Å². The number of dihydropyridines is 1. The number of hydrogen-bond acceptors (Lipinski definition) is 2. The summed E-state index contributed by atoms with van der Waals surface area (Å²) in [4.78, 5) is 0. The number of hydrogen-bond donors (Lipinski definition) is 1. The van der Waals surface area contributed by atoms with Gasteiger partial charge in [-0.05, 0) is 30.2 Å². The van der Waals surface area contributed by atoms with E-state index in [4.69, 9.17) is 16.3 Å². The van der Waals surface area contributed by atoms with Gasteiger partial charge in [0.15, 0.2) is 0 Å². The van der Waals surface area contributed by atoms with Crippen LogP contribution in [0.5, 0.6) is 0 Å². The lowest BCUT2D eigenvalue weighted by atomic mass is 10.2. The molecule has 1 unspecified atom stereocenters. The van der Waals surface area contributed by atoms with Crippen LogP contribution in [0.4, 0.5) is 0 Å². The van der Waals surface area contributed by atoms with E-state index in [2.05, 4.69) is 5.32 Å². The van der Waals surface area contributed by atoms with E-state index in [0.29, 0.717) is 6.61 Å². The van der Waals surface area contributed by atoms with Crippen LogP contribution in [0.1, 0.15) is 12.5 Å². The Labute approximate surface area is 101 Å². The maximum absolute atomic E-state index is 6.03. The summed E-state index contributed by atoms with van der Waals surface area (Å²) in [5.74, 6) is 0. The second-order valence-electron chi connectivity index (χ2n) is 3.74. The molecule has 1 atom stereocenters. The van der Waals surface area contributed by atoms with E-state index in [1.165, 1.54) is 5.57 Å². The van der Waals surface area contributed by atoms with Crippen LogP contribution in [0.3, 0.4) is 0 Å². The van der Waals surface area contributed by atoms with Crippen LogP contribution >= 0.6 is 11.6 Å². The Morgan fingerprint density at radius 2 is 2.19 bits per heavy atom. The minimum atomic E-state index is -0.0695. The molecule has 0 saturated heterocycles. The average molecular weight is 236 g/mol. The average Bonchev–Trinajstić information content (AvgIpc) is 2.30. The van der Waals surface area contributed by atoms with Crippen molar-refractivity contribution in [3.63, 3.8) is 0 Å². The largest absolute Gasteiger partial charge is 0.363 e. The topological polar surface area (TPSA) is 21.3 Å². The molecule has 1 aromatic rings. The molecule has 84 valence electrons. The number of halogens is 1. The first-order valence-electron chi connectivity index (χ1n) is 5.22. The summed E-state index contributed by atoms with van der Waals surface area (Å²) >= 11 is 6.03. The Balaban J connectivity index is 1.89. The molecule has 3 heteroatoms. The molecule has 1 aliphatic heterocycles. The Hall–Kier alpha value is -1.25. The van der Waals surface area contributed by atoms with E-state index >= 15 is 0 Å². The first-order valence-corrected chi connectivity index (χ1v) is 5.59. The van der Waals surface area contributed by atoms with Crippen LogP contribution < -0.4 is 5.32 Å². The summed E-state index contributed by atoms with van der Waals surface area (Å²) in [5.41, 5.74) is 2.20. The monoisotopic (exact) mass is 235 g/mol. The summed E-state index contributed by atoms with van der Waals surface area (Å²) in [6, 6.07) is 7.71. The van der Waals surface area contributed by atoms with Gasteiger partial charge < -0.3 is 10.1 Å². The molecule has 1 aliphatic rings. The minimum Gasteiger partial charge on any atom is -0.363 e. The van der Waals surface area contributed by atoms with Gasteiger partial charge in [0.1, 0.15) is 6.23 Å². The van der Waals surface area contributed by atoms with Crippen molar-refractivity contribution < 1.29 is 4.74 Å². The van der Waals surface area contributed by atoms with E-state index in [1.54, 1.807) is 0 Å². The maximum atomic E-state index is 6.03. The quantitative estimate of drug-likeness (QED) is 0.869. The van der Waals surface area contributed by atoms with Gasteiger partial charge in [-0.25, -0.2) is 0 Å². The van der Waals surface area contributed by atoms with Gasteiger partial charge in [0, 0.05) is 11.2 Å². The van der Waals surface area contributed by atoms with Gasteiger partial charge in [0.2, 0.25) is 0 Å². The van der Waals surface area contributed by atoms with E-state index in [0.717, 1.165) is 10.6 Å². The Morgan fingerprint density at radius 1 is 1.38 bits per heavy atom. The lowest BCUT2D eigenvalue weighted by molar-refractivity contribution is 0.0579. The van der Waals surface area contributed by atoms with Gasteiger partial charge in [-0.15, -0.1) is 0 Å². The number of benzene rings is 1. The predicted molar refractivity (Wildman–Crippen MR) is 66.1 cm³/mol. The number of nitrogens with one attached hydrogen (secondary N) is 1. The molecule has 0 amide bonds. The van der Waals surface area contributed by atoms with Crippen molar-refractivity contribution in [1.29, 1.82) is 0 Å². The second-order valence-corrected chi connectivity index (χ2v) is 4.14. The van der Waals surface area contributed by atoms with Crippen molar-refractivity contribution in [2.75, 3.05) is 0 Å². The van der Waals surface area contributed by atoms with E-state index in [1.807, 2.05) is 49.5 Å². The third-order valence-corrected chi connectivity index (χ3v) is 2.75. The predicted octanol–water partition coefficient (Wildman–Crippen LogP) is 3.25. The second kappa shape index (κ2) is 5.19. The third kappa shape index (κ3) is 2.87. The molecule has 0 aliphatic carbocycles. The van der Waals surface area contributed by atoms with Crippen molar-refractivity contribution in [2.45, 2.75) is 19.8 Å². The Kier molecular flexibility index (Phi) is 3.65. The Morgan fingerprint density at radius 3 is 2.88 bits per heavy atom. The highest BCUT2D eigenvalue weighted by Crippen LogP contribution is 2.16. The highest BCUT2D eigenvalue weighted by molar-refractivity contribution is 6.31. The van der Waals surface area contributed by atoms with Gasteiger partial charge in [-0.2, -0.15) is 0 Å². The van der Waals surface area contributed by atoms with Crippen LogP contribution in [-0.2, 0) is 11.3 Å². The number of rotatable bonds is 3. The molecular formula is C13H14ClNO. The minimum absolute atomic E-state index is 0.0695. The first-order chi connectivity index (χ1) is 7.75. The molecule has 0 fully saturated rings. The normalized spacial score (nSPS) is 19.1. The van der Waals surface area contributed by atoms with Gasteiger partial charge in [0.05, 0.1) is 6.61 Å². The molecule has 2 rings (SSSR count). The molecular weight excluding hydrogens is 222 g/mol. The molecule has 16 heavy (non-hydrogen) atoms. The summed E-state index contributed by atoms with van der Waals surface area (Å²) < 4.78 is 5.67. The summed E-state index contributed by atoms with van der Waals surface area (Å²) in [6.07, 6.45) is 5.90.